The van der Waals surface area contributed by atoms with Crippen molar-refractivity contribution in [2.75, 3.05) is 6.54 Å². The molecule has 1 aromatic rings. The Bertz CT molecular complexity index is 364. The molecule has 0 fully saturated rings. The number of nitrogens with zero attached hydrogens (tertiary/aromatic N) is 1. The number of thiocarbonyl (C=S) groups is 1. The molecule has 17 heavy (non-hydrogen) atoms. The van der Waals surface area contributed by atoms with Gasteiger partial charge in [0.05, 0.1) is 10.9 Å². The van der Waals surface area contributed by atoms with E-state index in [2.05, 4.69) is 15.3 Å². The van der Waals surface area contributed by atoms with Crippen LogP contribution in [0.5, 0.6) is 0 Å². The van der Waals surface area contributed by atoms with Crippen LogP contribution < -0.4 is 11.1 Å². The number of nitrogens with one attached hydrogen (secondary N) is 2. The molecule has 1 rings (SSSR count). The minimum absolute atomic E-state index is 0.0918. The molecule has 5 nitrogen and oxygen atoms in total. The van der Waals surface area contributed by atoms with Crippen molar-refractivity contribution in [3.63, 3.8) is 0 Å². The van der Waals surface area contributed by atoms with Gasteiger partial charge in [-0.1, -0.05) is 25.6 Å². The molecule has 4 N–H and O–H groups in total. The molecule has 0 aliphatic rings. The second-order valence-electron chi connectivity index (χ2n) is 3.82. The number of imidazole rings is 1. The van der Waals surface area contributed by atoms with Crippen molar-refractivity contribution >= 4 is 23.1 Å². The summed E-state index contributed by atoms with van der Waals surface area (Å²) in [6, 6.07) is 0. The average Bonchev–Trinajstić information content (AvgIpc) is 2.78. The molecular weight excluding hydrogens is 236 g/mol. The van der Waals surface area contributed by atoms with Crippen molar-refractivity contribution in [3.8, 4) is 0 Å². The van der Waals surface area contributed by atoms with Crippen LogP contribution in [0.25, 0.3) is 0 Å². The minimum Gasteiger partial charge on any atom is -0.393 e. The van der Waals surface area contributed by atoms with E-state index < -0.39 is 0 Å². The third kappa shape index (κ3) is 4.52. The Hall–Kier alpha value is -1.43. The summed E-state index contributed by atoms with van der Waals surface area (Å²) in [5.74, 6) is 0.408. The van der Waals surface area contributed by atoms with Gasteiger partial charge in [0.25, 0.3) is 0 Å². The number of aromatic nitrogens is 2. The number of rotatable bonds is 7. The SMILES string of the molecule is CCCC(C(=O)NCCc1ncc[nH]1)C(N)=S. The van der Waals surface area contributed by atoms with Gasteiger partial charge in [0.2, 0.25) is 5.91 Å². The summed E-state index contributed by atoms with van der Waals surface area (Å²) in [6.07, 6.45) is 5.70. The number of carbonyl (C=O) groups excluding carboxylic acids is 1. The summed E-state index contributed by atoms with van der Waals surface area (Å²) >= 11 is 4.89. The quantitative estimate of drug-likeness (QED) is 0.628. The van der Waals surface area contributed by atoms with Gasteiger partial charge in [-0.25, -0.2) is 4.98 Å². The molecule has 1 unspecified atom stereocenters. The second kappa shape index (κ2) is 7.01. The molecule has 0 bridgehead atoms. The zero-order chi connectivity index (χ0) is 12.7. The molecular formula is C11H18N4OS. The zero-order valence-electron chi connectivity index (χ0n) is 9.90. The van der Waals surface area contributed by atoms with Crippen molar-refractivity contribution in [2.45, 2.75) is 26.2 Å². The summed E-state index contributed by atoms with van der Waals surface area (Å²) < 4.78 is 0. The van der Waals surface area contributed by atoms with Gasteiger partial charge in [-0.15, -0.1) is 0 Å². The maximum Gasteiger partial charge on any atom is 0.229 e. The number of aromatic amines is 1. The third-order valence-corrected chi connectivity index (χ3v) is 2.74. The summed E-state index contributed by atoms with van der Waals surface area (Å²) in [4.78, 5) is 19.1. The topological polar surface area (TPSA) is 83.8 Å². The van der Waals surface area contributed by atoms with Crippen molar-refractivity contribution in [2.24, 2.45) is 11.7 Å². The lowest BCUT2D eigenvalue weighted by Gasteiger charge is -2.14. The maximum absolute atomic E-state index is 11.8. The molecule has 0 spiro atoms. The lowest BCUT2D eigenvalue weighted by molar-refractivity contribution is -0.123. The molecule has 0 aromatic carbocycles. The highest BCUT2D eigenvalue weighted by molar-refractivity contribution is 7.80. The molecule has 0 saturated heterocycles. The molecule has 0 saturated carbocycles. The van der Waals surface area contributed by atoms with Gasteiger partial charge in [0.1, 0.15) is 5.82 Å². The molecule has 6 heteroatoms. The lowest BCUT2D eigenvalue weighted by atomic mass is 10.0. The number of nitrogens with two attached hydrogens (primary N) is 1. The predicted molar refractivity (Wildman–Crippen MR) is 70.5 cm³/mol. The van der Waals surface area contributed by atoms with E-state index in [0.717, 1.165) is 12.2 Å². The molecule has 0 aliphatic heterocycles. The predicted octanol–water partition coefficient (Wildman–Crippen LogP) is 0.771. The fourth-order valence-corrected chi connectivity index (χ4v) is 1.78. The molecule has 0 aliphatic carbocycles. The molecule has 1 amide bonds. The third-order valence-electron chi connectivity index (χ3n) is 2.45. The normalized spacial score (nSPS) is 12.1. The summed E-state index contributed by atoms with van der Waals surface area (Å²) in [6.45, 7) is 2.54. The molecule has 1 heterocycles. The summed E-state index contributed by atoms with van der Waals surface area (Å²) in [5.41, 5.74) is 5.54. The van der Waals surface area contributed by atoms with E-state index in [0.29, 0.717) is 19.4 Å². The number of amides is 1. The Labute approximate surface area is 106 Å². The molecule has 0 radical (unpaired) electrons. The highest BCUT2D eigenvalue weighted by atomic mass is 32.1. The van der Waals surface area contributed by atoms with Gasteiger partial charge in [0, 0.05) is 25.4 Å². The Balaban J connectivity index is 2.34. The van der Waals surface area contributed by atoms with E-state index in [4.69, 9.17) is 18.0 Å². The standard InChI is InChI=1S/C11H18N4OS/c1-2-3-8(10(12)17)11(16)15-5-4-9-13-6-7-14-9/h6-8H,2-5H2,1H3,(H2,12,17)(H,13,14)(H,15,16). The Morgan fingerprint density at radius 1 is 1.71 bits per heavy atom. The highest BCUT2D eigenvalue weighted by Gasteiger charge is 2.19. The first-order valence-corrected chi connectivity index (χ1v) is 6.11. The van der Waals surface area contributed by atoms with Crippen LogP contribution in [0.1, 0.15) is 25.6 Å². The van der Waals surface area contributed by atoms with Crippen LogP contribution in [0.2, 0.25) is 0 Å². The van der Waals surface area contributed by atoms with Crippen LogP contribution in [-0.4, -0.2) is 27.4 Å². The molecule has 1 aromatic heterocycles. The van der Waals surface area contributed by atoms with Gasteiger partial charge < -0.3 is 16.0 Å². The molecule has 94 valence electrons. The minimum atomic E-state index is -0.355. The first kappa shape index (κ1) is 13.6. The number of hydrogen-bond acceptors (Lipinski definition) is 3. The summed E-state index contributed by atoms with van der Waals surface area (Å²) in [7, 11) is 0. The van der Waals surface area contributed by atoms with E-state index in [9.17, 15) is 4.79 Å². The highest BCUT2D eigenvalue weighted by Crippen LogP contribution is 2.06. The van der Waals surface area contributed by atoms with Gasteiger partial charge in [-0.2, -0.15) is 0 Å². The maximum atomic E-state index is 11.8. The smallest absolute Gasteiger partial charge is 0.229 e. The van der Waals surface area contributed by atoms with E-state index in [-0.39, 0.29) is 16.8 Å². The molecule has 1 atom stereocenters. The summed E-state index contributed by atoms with van der Waals surface area (Å²) in [5, 5.41) is 2.82. The number of H-pyrrole nitrogens is 1. The van der Waals surface area contributed by atoms with Crippen LogP contribution in [0, 0.1) is 5.92 Å². The van der Waals surface area contributed by atoms with Crippen LogP contribution in [-0.2, 0) is 11.2 Å². The van der Waals surface area contributed by atoms with Crippen LogP contribution in [0.3, 0.4) is 0 Å². The van der Waals surface area contributed by atoms with E-state index >= 15 is 0 Å². The van der Waals surface area contributed by atoms with Gasteiger partial charge in [0.15, 0.2) is 0 Å². The number of hydrogen-bond donors (Lipinski definition) is 3. The zero-order valence-corrected chi connectivity index (χ0v) is 10.7. The van der Waals surface area contributed by atoms with Crippen molar-refractivity contribution in [3.05, 3.63) is 18.2 Å². The van der Waals surface area contributed by atoms with E-state index in [1.807, 2.05) is 6.92 Å². The van der Waals surface area contributed by atoms with Gasteiger partial charge in [-0.3, -0.25) is 4.79 Å². The van der Waals surface area contributed by atoms with Crippen molar-refractivity contribution in [1.29, 1.82) is 0 Å². The van der Waals surface area contributed by atoms with Crippen LogP contribution in [0.15, 0.2) is 12.4 Å². The average molecular weight is 254 g/mol. The van der Waals surface area contributed by atoms with Crippen LogP contribution in [0.4, 0.5) is 0 Å². The first-order valence-electron chi connectivity index (χ1n) is 5.70. The van der Waals surface area contributed by atoms with Crippen LogP contribution >= 0.6 is 12.2 Å². The second-order valence-corrected chi connectivity index (χ2v) is 4.29. The van der Waals surface area contributed by atoms with E-state index in [1.54, 1.807) is 12.4 Å². The monoisotopic (exact) mass is 254 g/mol. The van der Waals surface area contributed by atoms with Crippen molar-refractivity contribution in [1.82, 2.24) is 15.3 Å². The largest absolute Gasteiger partial charge is 0.393 e. The number of carbonyl (C=O) groups is 1. The lowest BCUT2D eigenvalue weighted by Crippen LogP contribution is -2.38. The van der Waals surface area contributed by atoms with Gasteiger partial charge >= 0.3 is 0 Å². The van der Waals surface area contributed by atoms with Crippen molar-refractivity contribution < 1.29 is 4.79 Å². The fourth-order valence-electron chi connectivity index (χ4n) is 1.55. The van der Waals surface area contributed by atoms with Gasteiger partial charge in [-0.05, 0) is 6.42 Å². The Kier molecular flexibility index (Phi) is 5.62. The fraction of sp³-hybridized carbons (Fsp3) is 0.545. The Morgan fingerprint density at radius 2 is 2.47 bits per heavy atom. The first-order chi connectivity index (χ1) is 8.15. The Morgan fingerprint density at radius 3 is 3.00 bits per heavy atom. The van der Waals surface area contributed by atoms with E-state index in [1.165, 1.54) is 0 Å².